The summed E-state index contributed by atoms with van der Waals surface area (Å²) in [6, 6.07) is 3.70. The first-order valence-corrected chi connectivity index (χ1v) is 12.5. The number of nitrogens with one attached hydrogen (secondary N) is 1. The van der Waals surface area contributed by atoms with Gasteiger partial charge in [-0.2, -0.15) is 17.5 Å². The van der Waals surface area contributed by atoms with Gasteiger partial charge in [-0.05, 0) is 50.8 Å². The minimum atomic E-state index is -5.46. The van der Waals surface area contributed by atoms with E-state index in [4.69, 9.17) is 16.3 Å². The molecule has 1 aliphatic heterocycles. The molecule has 0 atom stereocenters. The van der Waals surface area contributed by atoms with E-state index < -0.39 is 50.1 Å². The molecular weight excluding hydrogens is 485 g/mol. The second-order valence-electron chi connectivity index (χ2n) is 7.24. The Morgan fingerprint density at radius 2 is 1.81 bits per heavy atom. The average Bonchev–Trinajstić information content (AvgIpc) is 2.65. The monoisotopic (exact) mass is 506 g/mol. The Morgan fingerprint density at radius 3 is 2.32 bits per heavy atom. The van der Waals surface area contributed by atoms with E-state index in [9.17, 15) is 34.8 Å². The number of esters is 1. The summed E-state index contributed by atoms with van der Waals surface area (Å²) in [5.41, 5.74) is -5.63. The van der Waals surface area contributed by atoms with Gasteiger partial charge >= 0.3 is 21.5 Å². The Labute approximate surface area is 183 Å². The van der Waals surface area contributed by atoms with Gasteiger partial charge in [-0.25, -0.2) is 26.4 Å². The van der Waals surface area contributed by atoms with Gasteiger partial charge < -0.3 is 4.74 Å². The fraction of sp³-hybridized carbons (Fsp3) is 0.588. The number of piperidine rings is 1. The third kappa shape index (κ3) is 6.31. The van der Waals surface area contributed by atoms with Crippen LogP contribution in [0.15, 0.2) is 23.1 Å². The second kappa shape index (κ2) is 9.61. The lowest BCUT2D eigenvalue weighted by Crippen LogP contribution is -2.44. The van der Waals surface area contributed by atoms with Gasteiger partial charge in [0.05, 0.1) is 16.6 Å². The molecule has 1 heterocycles. The van der Waals surface area contributed by atoms with Crippen molar-refractivity contribution in [2.75, 3.05) is 19.6 Å². The van der Waals surface area contributed by atoms with Gasteiger partial charge in [-0.3, -0.25) is 0 Å². The zero-order valence-electron chi connectivity index (χ0n) is 16.6. The summed E-state index contributed by atoms with van der Waals surface area (Å²) in [4.78, 5) is 12.1. The number of carbonyl (C=O) groups is 1. The highest BCUT2D eigenvalue weighted by atomic mass is 35.5. The molecule has 0 aliphatic carbocycles. The molecule has 1 aromatic rings. The van der Waals surface area contributed by atoms with Gasteiger partial charge in [0.25, 0.3) is 0 Å². The maximum absolute atomic E-state index is 13.1. The number of ether oxygens (including phenoxy) is 1. The molecule has 0 spiro atoms. The summed E-state index contributed by atoms with van der Waals surface area (Å²) in [5, 5.41) is 0.144. The minimum absolute atomic E-state index is 0.0535. The van der Waals surface area contributed by atoms with Crippen molar-refractivity contribution >= 4 is 37.6 Å². The van der Waals surface area contributed by atoms with Crippen LogP contribution in [-0.2, 0) is 24.8 Å². The smallest absolute Gasteiger partial charge is 0.459 e. The van der Waals surface area contributed by atoms with Crippen LogP contribution in [0.1, 0.15) is 37.0 Å². The van der Waals surface area contributed by atoms with Crippen molar-refractivity contribution in [2.45, 2.75) is 43.2 Å². The molecular formula is C17H22ClF3N2O6S2. The molecule has 31 heavy (non-hydrogen) atoms. The Bertz CT molecular complexity index is 1020. The van der Waals surface area contributed by atoms with Crippen LogP contribution in [-0.4, -0.2) is 58.4 Å². The second-order valence-corrected chi connectivity index (χ2v) is 11.3. The van der Waals surface area contributed by atoms with E-state index in [-0.39, 0.29) is 41.4 Å². The quantitative estimate of drug-likeness (QED) is 0.569. The van der Waals surface area contributed by atoms with Gasteiger partial charge in [0.2, 0.25) is 10.0 Å². The third-order valence-electron chi connectivity index (χ3n) is 4.56. The summed E-state index contributed by atoms with van der Waals surface area (Å²) in [6.07, 6.45) is -0.212. The highest BCUT2D eigenvalue weighted by molar-refractivity contribution is 7.90. The van der Waals surface area contributed by atoms with Crippen LogP contribution in [0.4, 0.5) is 13.2 Å². The van der Waals surface area contributed by atoms with Crippen molar-refractivity contribution in [3.8, 4) is 0 Å². The SMILES string of the molecule is CC(C)OC(=O)c1cc(Cl)ccc1S(=O)(=O)N1CCC(CNS(=O)(=O)C(F)(F)F)CC1. The molecule has 1 aliphatic rings. The topological polar surface area (TPSA) is 110 Å². The van der Waals surface area contributed by atoms with E-state index in [2.05, 4.69) is 0 Å². The normalized spacial score (nSPS) is 17.1. The van der Waals surface area contributed by atoms with Crippen molar-refractivity contribution < 1.29 is 39.5 Å². The number of alkyl halides is 3. The van der Waals surface area contributed by atoms with Crippen LogP contribution in [0, 0.1) is 5.92 Å². The zero-order chi connectivity index (χ0) is 23.6. The Balaban J connectivity index is 2.13. The molecule has 0 amide bonds. The predicted octanol–water partition coefficient (Wildman–Crippen LogP) is 2.75. The number of nitrogens with zero attached hydrogens (tertiary/aromatic N) is 1. The van der Waals surface area contributed by atoms with Crippen LogP contribution in [0.5, 0.6) is 0 Å². The largest absolute Gasteiger partial charge is 0.511 e. The molecule has 1 fully saturated rings. The number of hydrogen-bond donors (Lipinski definition) is 1. The number of carbonyl (C=O) groups excluding carboxylic acids is 1. The van der Waals surface area contributed by atoms with Crippen LogP contribution in [0.25, 0.3) is 0 Å². The van der Waals surface area contributed by atoms with Gasteiger partial charge in [0, 0.05) is 24.7 Å². The Kier molecular flexibility index (Phi) is 8.01. The number of benzene rings is 1. The number of rotatable bonds is 7. The summed E-state index contributed by atoms with van der Waals surface area (Å²) >= 11 is 5.90. The molecule has 0 unspecified atom stereocenters. The molecule has 14 heteroatoms. The van der Waals surface area contributed by atoms with E-state index >= 15 is 0 Å². The van der Waals surface area contributed by atoms with Crippen LogP contribution >= 0.6 is 11.6 Å². The summed E-state index contributed by atoms with van der Waals surface area (Å²) in [6.45, 7) is 2.65. The molecule has 0 saturated carbocycles. The van der Waals surface area contributed by atoms with Gasteiger partial charge in [-0.15, -0.1) is 0 Å². The predicted molar refractivity (Wildman–Crippen MR) is 106 cm³/mol. The number of hydrogen-bond acceptors (Lipinski definition) is 6. The van der Waals surface area contributed by atoms with E-state index in [0.29, 0.717) is 0 Å². The molecule has 1 N–H and O–H groups in total. The molecule has 1 saturated heterocycles. The maximum Gasteiger partial charge on any atom is 0.511 e. The number of sulfonamides is 2. The van der Waals surface area contributed by atoms with Gasteiger partial charge in [-0.1, -0.05) is 11.6 Å². The number of halogens is 4. The summed E-state index contributed by atoms with van der Waals surface area (Å²) in [5.74, 6) is -1.33. The highest BCUT2D eigenvalue weighted by Gasteiger charge is 2.46. The van der Waals surface area contributed by atoms with Crippen LogP contribution in [0.3, 0.4) is 0 Å². The van der Waals surface area contributed by atoms with E-state index in [1.807, 2.05) is 0 Å². The van der Waals surface area contributed by atoms with Crippen molar-refractivity contribution in [1.82, 2.24) is 9.03 Å². The lowest BCUT2D eigenvalue weighted by Gasteiger charge is -2.31. The molecule has 8 nitrogen and oxygen atoms in total. The Hall–Kier alpha value is -1.41. The fourth-order valence-electron chi connectivity index (χ4n) is 2.97. The summed E-state index contributed by atoms with van der Waals surface area (Å²) in [7, 11) is -9.58. The first-order chi connectivity index (χ1) is 14.1. The van der Waals surface area contributed by atoms with Gasteiger partial charge in [0.15, 0.2) is 0 Å². The van der Waals surface area contributed by atoms with Crippen molar-refractivity contribution in [3.05, 3.63) is 28.8 Å². The molecule has 1 aromatic carbocycles. The molecule has 176 valence electrons. The van der Waals surface area contributed by atoms with Gasteiger partial charge in [0.1, 0.15) is 0 Å². The first kappa shape index (κ1) is 25.8. The van der Waals surface area contributed by atoms with Crippen molar-refractivity contribution in [3.63, 3.8) is 0 Å². The van der Waals surface area contributed by atoms with E-state index in [1.165, 1.54) is 22.9 Å². The highest BCUT2D eigenvalue weighted by Crippen LogP contribution is 2.29. The standard InChI is InChI=1S/C17H22ClF3N2O6S2/c1-11(2)29-16(24)14-9-13(18)3-4-15(14)30(25,26)23-7-5-12(6-8-23)10-22-31(27,28)17(19,20)21/h3-4,9,11-12,22H,5-8,10H2,1-2H3. The molecule has 0 aromatic heterocycles. The first-order valence-electron chi connectivity index (χ1n) is 9.21. The van der Waals surface area contributed by atoms with E-state index in [1.54, 1.807) is 13.8 Å². The molecule has 0 bridgehead atoms. The summed E-state index contributed by atoms with van der Waals surface area (Å²) < 4.78 is 93.3. The van der Waals surface area contributed by atoms with E-state index in [0.717, 1.165) is 4.31 Å². The Morgan fingerprint density at radius 1 is 1.23 bits per heavy atom. The lowest BCUT2D eigenvalue weighted by atomic mass is 9.99. The molecule has 2 rings (SSSR count). The third-order valence-corrected chi connectivity index (χ3v) is 7.91. The average molecular weight is 507 g/mol. The van der Waals surface area contributed by atoms with Crippen molar-refractivity contribution in [2.24, 2.45) is 5.92 Å². The van der Waals surface area contributed by atoms with Crippen LogP contribution in [0.2, 0.25) is 5.02 Å². The fourth-order valence-corrected chi connectivity index (χ4v) is 5.39. The zero-order valence-corrected chi connectivity index (χ0v) is 19.0. The lowest BCUT2D eigenvalue weighted by molar-refractivity contribution is -0.0449. The maximum atomic E-state index is 13.1. The molecule has 0 radical (unpaired) electrons. The van der Waals surface area contributed by atoms with Crippen molar-refractivity contribution in [1.29, 1.82) is 0 Å². The minimum Gasteiger partial charge on any atom is -0.459 e. The van der Waals surface area contributed by atoms with Crippen LogP contribution < -0.4 is 4.72 Å².